The largest absolute Gasteiger partial charge is 0.322 e. The summed E-state index contributed by atoms with van der Waals surface area (Å²) in [5.74, 6) is -2.99. The van der Waals surface area contributed by atoms with Gasteiger partial charge in [0.2, 0.25) is 15.6 Å². The Morgan fingerprint density at radius 3 is 2.49 bits per heavy atom. The van der Waals surface area contributed by atoms with Crippen LogP contribution in [0.1, 0.15) is 43.4 Å². The van der Waals surface area contributed by atoms with Crippen LogP contribution in [-0.2, 0) is 22.4 Å². The quantitative estimate of drug-likeness (QED) is 0.435. The minimum Gasteiger partial charge on any atom is -0.322 e. The molecular weight excluding hydrogens is 470 g/mol. The number of allylic oxidation sites excluding steroid dienone is 3. The van der Waals surface area contributed by atoms with Crippen molar-refractivity contribution < 1.29 is 17.2 Å². The third-order valence-electron chi connectivity index (χ3n) is 6.27. The zero-order valence-corrected chi connectivity index (χ0v) is 20.5. The van der Waals surface area contributed by atoms with E-state index in [1.165, 1.54) is 12.5 Å². The smallest absolute Gasteiger partial charge is 0.273 e. The zero-order chi connectivity index (χ0) is 25.2. The third-order valence-corrected chi connectivity index (χ3v) is 7.71. The minimum atomic E-state index is -3.64. The summed E-state index contributed by atoms with van der Waals surface area (Å²) in [6.07, 6.45) is 6.81. The molecule has 2 aromatic carbocycles. The van der Waals surface area contributed by atoms with E-state index in [9.17, 15) is 22.0 Å². The van der Waals surface area contributed by atoms with Crippen LogP contribution in [0, 0.1) is 5.92 Å². The SMILES string of the molecule is CCC(F)(F)c1cc(=O)[nH]c2ccc(Cc3ccc(S(=O)(=O)NCC4C=CC=C(C)C4)cc3)cc12. The number of nitrogens with one attached hydrogen (secondary N) is 2. The Kier molecular flexibility index (Phi) is 7.05. The van der Waals surface area contributed by atoms with Gasteiger partial charge in [0.25, 0.3) is 5.92 Å². The Morgan fingerprint density at radius 2 is 1.80 bits per heavy atom. The number of fused-ring (bicyclic) bond motifs is 1. The zero-order valence-electron chi connectivity index (χ0n) is 19.6. The third kappa shape index (κ3) is 5.77. The first kappa shape index (κ1) is 25.0. The van der Waals surface area contributed by atoms with Crippen molar-refractivity contribution in [1.82, 2.24) is 9.71 Å². The fraction of sp³-hybridized carbons (Fsp3) is 0.296. The van der Waals surface area contributed by atoms with Gasteiger partial charge in [-0.05, 0) is 61.1 Å². The highest BCUT2D eigenvalue weighted by molar-refractivity contribution is 7.89. The average Bonchev–Trinajstić information content (AvgIpc) is 2.83. The lowest BCUT2D eigenvalue weighted by molar-refractivity contribution is -0.00686. The Balaban J connectivity index is 1.51. The molecule has 0 spiro atoms. The van der Waals surface area contributed by atoms with Gasteiger partial charge in [0.1, 0.15) is 0 Å². The van der Waals surface area contributed by atoms with Gasteiger partial charge in [-0.2, -0.15) is 0 Å². The lowest BCUT2D eigenvalue weighted by Crippen LogP contribution is -2.29. The lowest BCUT2D eigenvalue weighted by atomic mass is 9.96. The Morgan fingerprint density at radius 1 is 1.09 bits per heavy atom. The Bertz CT molecular complexity index is 1460. The van der Waals surface area contributed by atoms with Gasteiger partial charge in [0.05, 0.1) is 4.90 Å². The lowest BCUT2D eigenvalue weighted by Gasteiger charge is -2.17. The van der Waals surface area contributed by atoms with E-state index in [1.54, 1.807) is 42.5 Å². The number of H-pyrrole nitrogens is 1. The molecule has 0 bridgehead atoms. The van der Waals surface area contributed by atoms with Crippen molar-refractivity contribution in [2.45, 2.75) is 43.9 Å². The van der Waals surface area contributed by atoms with E-state index in [4.69, 9.17) is 0 Å². The molecule has 1 heterocycles. The number of sulfonamides is 1. The minimum absolute atomic E-state index is 0.127. The molecule has 4 rings (SSSR count). The molecule has 1 aliphatic rings. The van der Waals surface area contributed by atoms with E-state index >= 15 is 0 Å². The van der Waals surface area contributed by atoms with E-state index in [1.807, 2.05) is 25.2 Å². The first-order valence-electron chi connectivity index (χ1n) is 11.5. The fourth-order valence-electron chi connectivity index (χ4n) is 4.29. The maximum atomic E-state index is 14.5. The van der Waals surface area contributed by atoms with Crippen molar-refractivity contribution in [2.75, 3.05) is 6.54 Å². The summed E-state index contributed by atoms with van der Waals surface area (Å²) in [6.45, 7) is 3.73. The van der Waals surface area contributed by atoms with Gasteiger partial charge in [-0.1, -0.05) is 48.9 Å². The van der Waals surface area contributed by atoms with Crippen LogP contribution < -0.4 is 10.3 Å². The second-order valence-corrected chi connectivity index (χ2v) is 10.8. The molecule has 1 aliphatic carbocycles. The molecule has 1 unspecified atom stereocenters. The summed E-state index contributed by atoms with van der Waals surface area (Å²) in [7, 11) is -3.64. The monoisotopic (exact) mass is 498 g/mol. The molecule has 0 aliphatic heterocycles. The number of halogens is 2. The van der Waals surface area contributed by atoms with Crippen molar-refractivity contribution >= 4 is 20.9 Å². The van der Waals surface area contributed by atoms with Crippen molar-refractivity contribution in [1.29, 1.82) is 0 Å². The summed E-state index contributed by atoms with van der Waals surface area (Å²) in [5, 5.41) is 0.305. The summed E-state index contributed by atoms with van der Waals surface area (Å²) >= 11 is 0. The van der Waals surface area contributed by atoms with Gasteiger partial charge < -0.3 is 4.98 Å². The standard InChI is InChI=1S/C27H28F2N2O3S/c1-3-27(28,29)24-16-26(32)31-25-12-9-20(15-23(24)25)14-19-7-10-22(11-8-19)35(33,34)30-17-21-6-4-5-18(2)13-21/h4-12,15-16,21,30H,3,13-14,17H2,1-2H3,(H,31,32). The predicted octanol–water partition coefficient (Wildman–Crippen LogP) is 5.42. The summed E-state index contributed by atoms with van der Waals surface area (Å²) < 4.78 is 57.1. The van der Waals surface area contributed by atoms with Gasteiger partial charge in [-0.3, -0.25) is 4.79 Å². The molecule has 2 N–H and O–H groups in total. The summed E-state index contributed by atoms with van der Waals surface area (Å²) in [5.41, 5.74) is 2.34. The van der Waals surface area contributed by atoms with Crippen molar-refractivity contribution in [3.05, 3.63) is 99.4 Å². The number of hydrogen-bond donors (Lipinski definition) is 2. The molecule has 0 saturated carbocycles. The van der Waals surface area contributed by atoms with E-state index < -0.39 is 27.9 Å². The molecule has 0 radical (unpaired) electrons. The maximum Gasteiger partial charge on any atom is 0.273 e. The summed E-state index contributed by atoms with van der Waals surface area (Å²) in [4.78, 5) is 14.6. The second-order valence-electron chi connectivity index (χ2n) is 9.02. The van der Waals surface area contributed by atoms with Gasteiger partial charge in [-0.25, -0.2) is 21.9 Å². The predicted molar refractivity (Wildman–Crippen MR) is 134 cm³/mol. The van der Waals surface area contributed by atoms with Crippen LogP contribution in [0.2, 0.25) is 0 Å². The van der Waals surface area contributed by atoms with Crippen molar-refractivity contribution in [2.24, 2.45) is 5.92 Å². The van der Waals surface area contributed by atoms with Crippen LogP contribution >= 0.6 is 0 Å². The van der Waals surface area contributed by atoms with Crippen molar-refractivity contribution in [3.8, 4) is 0 Å². The van der Waals surface area contributed by atoms with E-state index in [0.29, 0.717) is 23.9 Å². The number of rotatable bonds is 8. The van der Waals surface area contributed by atoms with Crippen LogP contribution in [0.3, 0.4) is 0 Å². The molecule has 1 atom stereocenters. The van der Waals surface area contributed by atoms with Gasteiger partial charge >= 0.3 is 0 Å². The number of alkyl halides is 2. The first-order valence-corrected chi connectivity index (χ1v) is 13.0. The van der Waals surface area contributed by atoms with Crippen LogP contribution in [-0.4, -0.2) is 19.9 Å². The summed E-state index contributed by atoms with van der Waals surface area (Å²) in [6, 6.07) is 12.6. The van der Waals surface area contributed by atoms with Crippen LogP contribution in [0.25, 0.3) is 10.9 Å². The molecule has 0 amide bonds. The molecule has 184 valence electrons. The second kappa shape index (κ2) is 9.87. The van der Waals surface area contributed by atoms with Gasteiger partial charge in [0.15, 0.2) is 0 Å². The molecule has 35 heavy (non-hydrogen) atoms. The number of pyridine rings is 1. The maximum absolute atomic E-state index is 14.5. The number of hydrogen-bond acceptors (Lipinski definition) is 3. The van der Waals surface area contributed by atoms with Gasteiger partial charge in [-0.15, -0.1) is 0 Å². The number of aromatic nitrogens is 1. The Hall–Kier alpha value is -3.10. The molecule has 3 aromatic rings. The van der Waals surface area contributed by atoms with Crippen molar-refractivity contribution in [3.63, 3.8) is 0 Å². The molecule has 0 fully saturated rings. The van der Waals surface area contributed by atoms with Crippen LogP contribution in [0.5, 0.6) is 0 Å². The van der Waals surface area contributed by atoms with Crippen LogP contribution in [0.4, 0.5) is 8.78 Å². The van der Waals surface area contributed by atoms with Gasteiger partial charge in [0, 0.05) is 35.5 Å². The highest BCUT2D eigenvalue weighted by atomic mass is 32.2. The van der Waals surface area contributed by atoms with E-state index in [-0.39, 0.29) is 16.4 Å². The first-order chi connectivity index (χ1) is 16.6. The molecule has 8 heteroatoms. The number of aromatic amines is 1. The van der Waals surface area contributed by atoms with Crippen LogP contribution in [0.15, 0.2) is 82.0 Å². The highest BCUT2D eigenvalue weighted by Crippen LogP contribution is 2.35. The molecular formula is C27H28F2N2O3S. The average molecular weight is 499 g/mol. The van der Waals surface area contributed by atoms with E-state index in [2.05, 4.69) is 9.71 Å². The topological polar surface area (TPSA) is 79.0 Å². The van der Waals surface area contributed by atoms with E-state index in [0.717, 1.165) is 23.6 Å². The molecule has 1 aromatic heterocycles. The molecule has 0 saturated heterocycles. The molecule has 5 nitrogen and oxygen atoms in total. The Labute approximate surface area is 203 Å². The highest BCUT2D eigenvalue weighted by Gasteiger charge is 2.31. The fourth-order valence-corrected chi connectivity index (χ4v) is 5.39. The number of benzene rings is 2. The normalized spacial score (nSPS) is 16.5.